The first-order valence-electron chi connectivity index (χ1n) is 7.54. The first-order chi connectivity index (χ1) is 9.79. The van der Waals surface area contributed by atoms with E-state index in [9.17, 15) is 0 Å². The SMILES string of the molecule is ClC1CC2CCC(C1)N2Cc1ccc2ccccc2n1. The summed E-state index contributed by atoms with van der Waals surface area (Å²) in [4.78, 5) is 7.45. The number of aromatic nitrogens is 1. The van der Waals surface area contributed by atoms with Crippen LogP contribution < -0.4 is 0 Å². The number of piperidine rings is 1. The smallest absolute Gasteiger partial charge is 0.0705 e. The number of alkyl halides is 1. The molecule has 2 nitrogen and oxygen atoms in total. The van der Waals surface area contributed by atoms with Crippen molar-refractivity contribution in [3.63, 3.8) is 0 Å². The van der Waals surface area contributed by atoms with Crippen molar-refractivity contribution < 1.29 is 0 Å². The summed E-state index contributed by atoms with van der Waals surface area (Å²) in [5.74, 6) is 0. The summed E-state index contributed by atoms with van der Waals surface area (Å²) >= 11 is 6.35. The molecule has 0 saturated carbocycles. The Morgan fingerprint density at radius 1 is 1.05 bits per heavy atom. The molecule has 1 aromatic carbocycles. The second-order valence-corrected chi connectivity index (χ2v) is 6.74. The fourth-order valence-electron chi connectivity index (χ4n) is 3.85. The summed E-state index contributed by atoms with van der Waals surface area (Å²) in [5, 5.41) is 1.60. The molecule has 1 aromatic heterocycles. The van der Waals surface area contributed by atoms with Crippen LogP contribution in [-0.4, -0.2) is 27.3 Å². The van der Waals surface area contributed by atoms with E-state index in [1.54, 1.807) is 0 Å². The van der Waals surface area contributed by atoms with Crippen LogP contribution in [0.4, 0.5) is 0 Å². The van der Waals surface area contributed by atoms with E-state index in [2.05, 4.69) is 41.3 Å². The number of benzene rings is 1. The molecule has 0 amide bonds. The number of para-hydroxylation sites is 1. The highest BCUT2D eigenvalue weighted by Gasteiger charge is 2.39. The number of hydrogen-bond acceptors (Lipinski definition) is 2. The Morgan fingerprint density at radius 2 is 1.80 bits per heavy atom. The third-order valence-electron chi connectivity index (χ3n) is 4.83. The summed E-state index contributed by atoms with van der Waals surface area (Å²) in [5.41, 5.74) is 2.29. The van der Waals surface area contributed by atoms with Crippen LogP contribution >= 0.6 is 11.6 Å². The van der Waals surface area contributed by atoms with Gasteiger partial charge >= 0.3 is 0 Å². The van der Waals surface area contributed by atoms with E-state index in [-0.39, 0.29) is 0 Å². The molecule has 3 heterocycles. The van der Waals surface area contributed by atoms with Crippen LogP contribution in [0, 0.1) is 0 Å². The van der Waals surface area contributed by atoms with Crippen molar-refractivity contribution in [3.8, 4) is 0 Å². The molecule has 2 saturated heterocycles. The minimum Gasteiger partial charge on any atom is -0.292 e. The maximum Gasteiger partial charge on any atom is 0.0705 e. The van der Waals surface area contributed by atoms with Gasteiger partial charge in [0, 0.05) is 29.4 Å². The molecule has 2 bridgehead atoms. The van der Waals surface area contributed by atoms with E-state index in [1.165, 1.54) is 23.9 Å². The average molecular weight is 287 g/mol. The van der Waals surface area contributed by atoms with Crippen LogP contribution in [0.1, 0.15) is 31.4 Å². The lowest BCUT2D eigenvalue weighted by molar-refractivity contribution is 0.133. The van der Waals surface area contributed by atoms with Gasteiger partial charge in [0.25, 0.3) is 0 Å². The van der Waals surface area contributed by atoms with Gasteiger partial charge in [0.2, 0.25) is 0 Å². The zero-order chi connectivity index (χ0) is 13.5. The highest BCUT2D eigenvalue weighted by Crippen LogP contribution is 2.38. The van der Waals surface area contributed by atoms with Gasteiger partial charge in [0.15, 0.2) is 0 Å². The summed E-state index contributed by atoms with van der Waals surface area (Å²) in [6, 6.07) is 14.0. The minimum absolute atomic E-state index is 0.383. The fraction of sp³-hybridized carbons (Fsp3) is 0.471. The van der Waals surface area contributed by atoms with Crippen LogP contribution in [0.5, 0.6) is 0 Å². The van der Waals surface area contributed by atoms with Crippen LogP contribution in [0.25, 0.3) is 10.9 Å². The average Bonchev–Trinajstić information content (AvgIpc) is 2.70. The van der Waals surface area contributed by atoms with Crippen LogP contribution in [0.3, 0.4) is 0 Å². The summed E-state index contributed by atoms with van der Waals surface area (Å²) in [6.45, 7) is 0.976. The Morgan fingerprint density at radius 3 is 2.60 bits per heavy atom. The summed E-state index contributed by atoms with van der Waals surface area (Å²) in [7, 11) is 0. The number of pyridine rings is 1. The normalized spacial score (nSPS) is 29.9. The Balaban J connectivity index is 1.58. The molecular weight excluding hydrogens is 268 g/mol. The van der Waals surface area contributed by atoms with Gasteiger partial charge in [0.1, 0.15) is 0 Å². The van der Waals surface area contributed by atoms with Crippen LogP contribution in [0.15, 0.2) is 36.4 Å². The second-order valence-electron chi connectivity index (χ2n) is 6.12. The predicted molar refractivity (Wildman–Crippen MR) is 83.0 cm³/mol. The van der Waals surface area contributed by atoms with Crippen molar-refractivity contribution in [1.29, 1.82) is 0 Å². The van der Waals surface area contributed by atoms with E-state index in [1.807, 2.05) is 0 Å². The molecule has 2 atom stereocenters. The molecule has 0 radical (unpaired) electrons. The Hall–Kier alpha value is -1.12. The molecule has 104 valence electrons. The van der Waals surface area contributed by atoms with Crippen molar-refractivity contribution in [2.24, 2.45) is 0 Å². The lowest BCUT2D eigenvalue weighted by Gasteiger charge is -2.36. The number of rotatable bonds is 2. The first-order valence-corrected chi connectivity index (χ1v) is 7.98. The second kappa shape index (κ2) is 5.01. The number of nitrogens with zero attached hydrogens (tertiary/aromatic N) is 2. The van der Waals surface area contributed by atoms with Gasteiger partial charge in [-0.1, -0.05) is 24.3 Å². The summed E-state index contributed by atoms with van der Waals surface area (Å²) < 4.78 is 0. The zero-order valence-corrected chi connectivity index (χ0v) is 12.3. The van der Waals surface area contributed by atoms with Gasteiger partial charge in [0.05, 0.1) is 11.2 Å². The maximum atomic E-state index is 6.35. The molecule has 2 aliphatic heterocycles. The fourth-order valence-corrected chi connectivity index (χ4v) is 4.26. The molecule has 0 aliphatic carbocycles. The highest BCUT2D eigenvalue weighted by atomic mass is 35.5. The first kappa shape index (κ1) is 12.6. The minimum atomic E-state index is 0.383. The highest BCUT2D eigenvalue weighted by molar-refractivity contribution is 6.20. The topological polar surface area (TPSA) is 16.1 Å². The Kier molecular flexibility index (Phi) is 3.16. The van der Waals surface area contributed by atoms with Gasteiger partial charge in [-0.05, 0) is 37.8 Å². The Bertz CT molecular complexity index is 613. The van der Waals surface area contributed by atoms with E-state index >= 15 is 0 Å². The standard InChI is InChI=1S/C17H19ClN2/c18-13-9-15-7-8-16(10-13)20(15)11-14-6-5-12-3-1-2-4-17(12)19-14/h1-6,13,15-16H,7-11H2. The molecule has 20 heavy (non-hydrogen) atoms. The van der Waals surface area contributed by atoms with E-state index in [0.29, 0.717) is 17.5 Å². The molecule has 2 fully saturated rings. The Labute approximate surface area is 124 Å². The number of halogens is 1. The predicted octanol–water partition coefficient (Wildman–Crippen LogP) is 3.97. The molecule has 0 spiro atoms. The van der Waals surface area contributed by atoms with Crippen molar-refractivity contribution in [1.82, 2.24) is 9.88 Å². The molecule has 3 heteroatoms. The number of fused-ring (bicyclic) bond motifs is 3. The van der Waals surface area contributed by atoms with Crippen molar-refractivity contribution in [3.05, 3.63) is 42.1 Å². The van der Waals surface area contributed by atoms with Gasteiger partial charge in [-0.3, -0.25) is 9.88 Å². The van der Waals surface area contributed by atoms with E-state index in [0.717, 1.165) is 24.9 Å². The van der Waals surface area contributed by atoms with Crippen molar-refractivity contribution >= 4 is 22.5 Å². The monoisotopic (exact) mass is 286 g/mol. The third-order valence-corrected chi connectivity index (χ3v) is 5.18. The van der Waals surface area contributed by atoms with Gasteiger partial charge in [-0.15, -0.1) is 11.6 Å². The largest absolute Gasteiger partial charge is 0.292 e. The lowest BCUT2D eigenvalue weighted by atomic mass is 10.0. The van der Waals surface area contributed by atoms with Crippen LogP contribution in [0.2, 0.25) is 0 Å². The molecule has 2 aromatic rings. The third kappa shape index (κ3) is 2.21. The molecular formula is C17H19ClN2. The molecule has 4 rings (SSSR count). The summed E-state index contributed by atoms with van der Waals surface area (Å²) in [6.07, 6.45) is 4.90. The molecule has 2 unspecified atom stereocenters. The van der Waals surface area contributed by atoms with Gasteiger partial charge < -0.3 is 0 Å². The lowest BCUT2D eigenvalue weighted by Crippen LogP contribution is -2.42. The number of hydrogen-bond donors (Lipinski definition) is 0. The van der Waals surface area contributed by atoms with Crippen molar-refractivity contribution in [2.45, 2.75) is 49.7 Å². The molecule has 2 aliphatic rings. The van der Waals surface area contributed by atoms with Crippen LogP contribution in [-0.2, 0) is 6.54 Å². The van der Waals surface area contributed by atoms with E-state index in [4.69, 9.17) is 16.6 Å². The van der Waals surface area contributed by atoms with Gasteiger partial charge in [-0.2, -0.15) is 0 Å². The van der Waals surface area contributed by atoms with Gasteiger partial charge in [-0.25, -0.2) is 0 Å². The van der Waals surface area contributed by atoms with E-state index < -0.39 is 0 Å². The quantitative estimate of drug-likeness (QED) is 0.777. The molecule has 0 N–H and O–H groups in total. The maximum absolute atomic E-state index is 6.35. The van der Waals surface area contributed by atoms with Crippen molar-refractivity contribution in [2.75, 3.05) is 0 Å². The zero-order valence-electron chi connectivity index (χ0n) is 11.5.